The minimum atomic E-state index is -1.61. The van der Waals surface area contributed by atoms with E-state index >= 15 is 0 Å². The topological polar surface area (TPSA) is 175 Å². The average molecular weight is 1310 g/mol. The maximum Gasteiger partial charge on any atom is 0.306 e. The highest BCUT2D eigenvalue weighted by molar-refractivity contribution is 5.80. The van der Waals surface area contributed by atoms with Gasteiger partial charge in [0.2, 0.25) is 5.91 Å². The van der Waals surface area contributed by atoms with Crippen molar-refractivity contribution in [2.45, 2.75) is 436 Å². The molecule has 0 spiro atoms. The number of ether oxygens (including phenoxy) is 3. The Bertz CT molecular complexity index is 1750. The Labute approximate surface area is 573 Å². The number of allylic oxidation sites excluding steroid dienone is 9. The van der Waals surface area contributed by atoms with Gasteiger partial charge in [-0.15, -0.1) is 0 Å². The van der Waals surface area contributed by atoms with Gasteiger partial charge < -0.3 is 45.1 Å². The van der Waals surface area contributed by atoms with Gasteiger partial charge in [-0.05, 0) is 89.9 Å². The molecule has 6 N–H and O–H groups in total. The molecule has 0 aromatic rings. The number of hydrogen-bond donors (Lipinski definition) is 6. The third-order valence-corrected chi connectivity index (χ3v) is 18.9. The Morgan fingerprint density at radius 2 is 0.742 bits per heavy atom. The van der Waals surface area contributed by atoms with Crippen molar-refractivity contribution in [3.63, 3.8) is 0 Å². The quantitative estimate of drug-likeness (QED) is 0.0195. The lowest BCUT2D eigenvalue weighted by Gasteiger charge is -2.41. The average Bonchev–Trinajstić information content (AvgIpc) is 0.844. The van der Waals surface area contributed by atoms with Crippen molar-refractivity contribution in [1.82, 2.24) is 5.32 Å². The van der Waals surface area contributed by atoms with Crippen molar-refractivity contribution in [2.75, 3.05) is 13.2 Å². The second-order valence-corrected chi connectivity index (χ2v) is 27.8. The van der Waals surface area contributed by atoms with Crippen molar-refractivity contribution in [2.24, 2.45) is 0 Å². The van der Waals surface area contributed by atoms with E-state index in [1.165, 1.54) is 270 Å². The van der Waals surface area contributed by atoms with Gasteiger partial charge in [0.1, 0.15) is 24.4 Å². The number of rotatable bonds is 70. The molecule has 8 unspecified atom stereocenters. The van der Waals surface area contributed by atoms with Gasteiger partial charge in [-0.2, -0.15) is 0 Å². The number of hydrogen-bond acceptors (Lipinski definition) is 10. The first-order valence-corrected chi connectivity index (χ1v) is 40.1. The van der Waals surface area contributed by atoms with Gasteiger partial charge >= 0.3 is 5.97 Å². The SMILES string of the molecule is CCCCC/C=C\C/C=C\CCCCCCCCCCCCCCCCCCCC(=O)OC1C(OCC(NC(=O)C(O)CCCCCCCCCCCCCCCC/C=C\C/C=C\CCCCC)C(O)/C=C/CCCCCCCCCCCCC)OC(CO)C(O)C1O. The molecular formula is C82H151NO10. The van der Waals surface area contributed by atoms with Crippen molar-refractivity contribution >= 4 is 11.9 Å². The number of esters is 1. The van der Waals surface area contributed by atoms with Crippen LogP contribution in [0.15, 0.2) is 60.8 Å². The highest BCUT2D eigenvalue weighted by Gasteiger charge is 2.47. The summed E-state index contributed by atoms with van der Waals surface area (Å²) in [4.78, 5) is 26.8. The number of unbranched alkanes of at least 4 members (excludes halogenated alkanes) is 48. The van der Waals surface area contributed by atoms with E-state index in [1.54, 1.807) is 6.08 Å². The summed E-state index contributed by atoms with van der Waals surface area (Å²) in [6.07, 6.45) is 79.9. The van der Waals surface area contributed by atoms with Crippen LogP contribution in [-0.4, -0.2) is 99.6 Å². The molecule has 0 aliphatic carbocycles. The zero-order valence-electron chi connectivity index (χ0n) is 60.9. The lowest BCUT2D eigenvalue weighted by molar-refractivity contribution is -0.305. The highest BCUT2D eigenvalue weighted by atomic mass is 16.7. The molecular weight excluding hydrogens is 1160 g/mol. The summed E-state index contributed by atoms with van der Waals surface area (Å²) in [5, 5.41) is 57.5. The molecule has 1 rings (SSSR count). The minimum Gasteiger partial charge on any atom is -0.454 e. The summed E-state index contributed by atoms with van der Waals surface area (Å²) in [7, 11) is 0. The highest BCUT2D eigenvalue weighted by Crippen LogP contribution is 2.27. The second-order valence-electron chi connectivity index (χ2n) is 27.8. The second kappa shape index (κ2) is 69.3. The monoisotopic (exact) mass is 1310 g/mol. The van der Waals surface area contributed by atoms with Crippen molar-refractivity contribution in [1.29, 1.82) is 0 Å². The fraction of sp³-hybridized carbons (Fsp3) is 0.854. The molecule has 0 aromatic carbocycles. The summed E-state index contributed by atoms with van der Waals surface area (Å²) in [6, 6.07) is -1.02. The summed E-state index contributed by atoms with van der Waals surface area (Å²) in [5.41, 5.74) is 0. The molecule has 0 aromatic heterocycles. The minimum absolute atomic E-state index is 0.126. The normalized spacial score (nSPS) is 18.1. The molecule has 11 heteroatoms. The summed E-state index contributed by atoms with van der Waals surface area (Å²) in [5.74, 6) is -1.18. The molecule has 11 nitrogen and oxygen atoms in total. The van der Waals surface area contributed by atoms with Crippen LogP contribution in [0.25, 0.3) is 0 Å². The zero-order valence-corrected chi connectivity index (χ0v) is 60.9. The Hall–Kier alpha value is -2.64. The van der Waals surface area contributed by atoms with Crippen LogP contribution in [0, 0.1) is 0 Å². The molecule has 1 heterocycles. The number of aliphatic hydroxyl groups excluding tert-OH is 5. The fourth-order valence-electron chi connectivity index (χ4n) is 12.6. The van der Waals surface area contributed by atoms with Crippen LogP contribution >= 0.6 is 0 Å². The molecule has 0 saturated carbocycles. The van der Waals surface area contributed by atoms with Crippen LogP contribution in [-0.2, 0) is 23.8 Å². The molecule has 1 aliphatic rings. The van der Waals surface area contributed by atoms with E-state index in [0.717, 1.165) is 70.6 Å². The van der Waals surface area contributed by atoms with E-state index in [0.29, 0.717) is 19.3 Å². The van der Waals surface area contributed by atoms with Crippen molar-refractivity contribution in [3.05, 3.63) is 60.8 Å². The standard InChI is InChI=1S/C82H151NO10/c1-4-7-10-13-16-19-22-25-27-29-31-33-35-37-38-39-41-43-45-47-49-52-55-58-61-64-67-70-77(87)93-80-79(89)78(88)76(71-84)92-82(80)91-72-73(74(85)68-65-62-59-56-53-50-24-21-18-15-12-9-6-3)83-81(90)75(86)69-66-63-60-57-54-51-48-46-44-42-40-36-34-32-30-28-26-23-20-17-14-11-8-5-2/h16-17,19-20,25-28,65,68,73-76,78-80,82,84-86,88-89H,4-15,18,21-24,29-64,66-67,69-72H2,1-3H3,(H,83,90)/b19-16-,20-17-,27-25-,28-26-,68-65+. The first-order valence-electron chi connectivity index (χ1n) is 40.1. The number of nitrogens with one attached hydrogen (secondary N) is 1. The van der Waals surface area contributed by atoms with E-state index in [4.69, 9.17) is 14.2 Å². The van der Waals surface area contributed by atoms with Crippen LogP contribution < -0.4 is 5.32 Å². The summed E-state index contributed by atoms with van der Waals surface area (Å²) >= 11 is 0. The van der Waals surface area contributed by atoms with E-state index in [2.05, 4.69) is 74.7 Å². The molecule has 0 radical (unpaired) electrons. The maximum atomic E-state index is 13.5. The predicted molar refractivity (Wildman–Crippen MR) is 393 cm³/mol. The van der Waals surface area contributed by atoms with E-state index in [1.807, 2.05) is 6.08 Å². The Kier molecular flexibility index (Phi) is 65.8. The van der Waals surface area contributed by atoms with Gasteiger partial charge in [-0.25, -0.2) is 0 Å². The fourth-order valence-corrected chi connectivity index (χ4v) is 12.6. The van der Waals surface area contributed by atoms with Crippen LogP contribution in [0.3, 0.4) is 0 Å². The van der Waals surface area contributed by atoms with Crippen LogP contribution in [0.4, 0.5) is 0 Å². The Morgan fingerprint density at radius 3 is 1.12 bits per heavy atom. The van der Waals surface area contributed by atoms with Crippen LogP contribution in [0.1, 0.15) is 387 Å². The number of amides is 1. The molecule has 93 heavy (non-hydrogen) atoms. The van der Waals surface area contributed by atoms with Gasteiger partial charge in [0, 0.05) is 6.42 Å². The molecule has 1 fully saturated rings. The van der Waals surface area contributed by atoms with Gasteiger partial charge in [0.15, 0.2) is 12.4 Å². The molecule has 1 saturated heterocycles. The van der Waals surface area contributed by atoms with Crippen LogP contribution in [0.2, 0.25) is 0 Å². The van der Waals surface area contributed by atoms with Gasteiger partial charge in [-0.1, -0.05) is 351 Å². The van der Waals surface area contributed by atoms with Gasteiger partial charge in [0.25, 0.3) is 0 Å². The van der Waals surface area contributed by atoms with Gasteiger partial charge in [0.05, 0.1) is 25.4 Å². The molecule has 1 amide bonds. The predicted octanol–water partition coefficient (Wildman–Crippen LogP) is 21.6. The number of aliphatic hydroxyl groups is 5. The largest absolute Gasteiger partial charge is 0.454 e. The van der Waals surface area contributed by atoms with E-state index in [9.17, 15) is 35.1 Å². The third kappa shape index (κ3) is 56.0. The van der Waals surface area contributed by atoms with Crippen molar-refractivity contribution in [3.8, 4) is 0 Å². The van der Waals surface area contributed by atoms with Gasteiger partial charge in [-0.3, -0.25) is 9.59 Å². The first-order chi connectivity index (χ1) is 45.7. The third-order valence-electron chi connectivity index (χ3n) is 18.9. The maximum absolute atomic E-state index is 13.5. The first kappa shape index (κ1) is 88.4. The summed E-state index contributed by atoms with van der Waals surface area (Å²) in [6.45, 7) is 5.81. The summed E-state index contributed by atoms with van der Waals surface area (Å²) < 4.78 is 17.8. The lowest BCUT2D eigenvalue weighted by Crippen LogP contribution is -2.61. The molecule has 8 atom stereocenters. The molecule has 1 aliphatic heterocycles. The Morgan fingerprint density at radius 1 is 0.419 bits per heavy atom. The van der Waals surface area contributed by atoms with E-state index in [-0.39, 0.29) is 13.0 Å². The number of carbonyl (C=O) groups is 2. The van der Waals surface area contributed by atoms with Crippen LogP contribution in [0.5, 0.6) is 0 Å². The van der Waals surface area contributed by atoms with Crippen molar-refractivity contribution < 1.29 is 49.3 Å². The lowest BCUT2D eigenvalue weighted by atomic mass is 9.99. The van der Waals surface area contributed by atoms with E-state index < -0.39 is 67.4 Å². The Balaban J connectivity index is 2.50. The molecule has 0 bridgehead atoms. The zero-order chi connectivity index (χ0) is 67.4. The smallest absolute Gasteiger partial charge is 0.306 e. The molecule has 544 valence electrons. The number of carbonyl (C=O) groups excluding carboxylic acids is 2.